The summed E-state index contributed by atoms with van der Waals surface area (Å²) in [5.41, 5.74) is 1.34. The Labute approximate surface area is 152 Å². The van der Waals surface area contributed by atoms with E-state index in [4.69, 9.17) is 4.74 Å². The zero-order chi connectivity index (χ0) is 15.1. The molecule has 1 fully saturated rings. The van der Waals surface area contributed by atoms with Gasteiger partial charge in [-0.3, -0.25) is 4.90 Å². The number of halogens is 2. The van der Waals surface area contributed by atoms with Gasteiger partial charge < -0.3 is 39.6 Å². The Morgan fingerprint density at radius 2 is 1.70 bits per heavy atom. The summed E-state index contributed by atoms with van der Waals surface area (Å²) in [5.74, 6) is 0.840. The molecule has 0 aliphatic carbocycles. The van der Waals surface area contributed by atoms with E-state index in [-0.39, 0.29) is 24.8 Å². The first-order valence-corrected chi connectivity index (χ1v) is 7.98. The van der Waals surface area contributed by atoms with E-state index in [9.17, 15) is 5.11 Å². The molecular formula is C17H28Cl2N2O2-2. The van der Waals surface area contributed by atoms with E-state index >= 15 is 0 Å². The average Bonchev–Trinajstić information content (AvgIpc) is 2.49. The molecule has 0 amide bonds. The molecule has 1 unspecified atom stereocenters. The standard InChI is InChI=1S/C17H28N2O2.2ClH/c1-3-4-15-5-7-17(8-6-15)21-14-16(20)13-19-11-9-18(2)10-12-19;;/h5-8,16,20H,3-4,9-14H2,1-2H3;2*1H/p-2. The third-order valence-corrected chi connectivity index (χ3v) is 3.97. The first-order valence-electron chi connectivity index (χ1n) is 7.98. The molecule has 4 nitrogen and oxygen atoms in total. The van der Waals surface area contributed by atoms with E-state index in [1.54, 1.807) is 0 Å². The molecule has 1 heterocycles. The molecule has 0 radical (unpaired) electrons. The number of hydrogen-bond acceptors (Lipinski definition) is 4. The lowest BCUT2D eigenvalue weighted by Gasteiger charge is -2.33. The highest BCUT2D eigenvalue weighted by Crippen LogP contribution is 2.13. The van der Waals surface area contributed by atoms with Crippen LogP contribution in [0.4, 0.5) is 0 Å². The number of aliphatic hydroxyl groups excluding tert-OH is 1. The van der Waals surface area contributed by atoms with Crippen molar-refractivity contribution in [3.05, 3.63) is 29.8 Å². The van der Waals surface area contributed by atoms with Gasteiger partial charge >= 0.3 is 0 Å². The van der Waals surface area contributed by atoms with Crippen LogP contribution in [0.5, 0.6) is 5.75 Å². The molecule has 0 bridgehead atoms. The monoisotopic (exact) mass is 362 g/mol. The molecule has 0 spiro atoms. The fraction of sp³-hybridized carbons (Fsp3) is 0.647. The molecular weight excluding hydrogens is 335 g/mol. The van der Waals surface area contributed by atoms with Gasteiger partial charge in [-0.15, -0.1) is 0 Å². The van der Waals surface area contributed by atoms with E-state index in [0.717, 1.165) is 44.8 Å². The SMILES string of the molecule is CCCc1ccc(OCC(O)CN2CCN(C)CC2)cc1.[Cl-].[Cl-]. The van der Waals surface area contributed by atoms with Gasteiger partial charge in [0.2, 0.25) is 0 Å². The number of piperazine rings is 1. The van der Waals surface area contributed by atoms with E-state index in [2.05, 4.69) is 35.9 Å². The van der Waals surface area contributed by atoms with Gasteiger partial charge in [-0.2, -0.15) is 0 Å². The number of rotatable bonds is 7. The highest BCUT2D eigenvalue weighted by molar-refractivity contribution is 5.27. The van der Waals surface area contributed by atoms with Gasteiger partial charge in [0.05, 0.1) is 0 Å². The molecule has 1 atom stereocenters. The molecule has 1 saturated heterocycles. The molecule has 6 heteroatoms. The maximum absolute atomic E-state index is 10.1. The van der Waals surface area contributed by atoms with Crippen LogP contribution in [-0.4, -0.2) is 67.4 Å². The van der Waals surface area contributed by atoms with Crippen molar-refractivity contribution in [3.63, 3.8) is 0 Å². The number of aryl methyl sites for hydroxylation is 1. The van der Waals surface area contributed by atoms with Crippen molar-refractivity contribution in [2.75, 3.05) is 46.4 Å². The molecule has 0 aromatic heterocycles. The summed E-state index contributed by atoms with van der Waals surface area (Å²) < 4.78 is 5.68. The van der Waals surface area contributed by atoms with Gasteiger partial charge in [-0.1, -0.05) is 25.5 Å². The second-order valence-corrected chi connectivity index (χ2v) is 5.96. The third-order valence-electron chi connectivity index (χ3n) is 3.97. The molecule has 1 aliphatic rings. The van der Waals surface area contributed by atoms with Crippen LogP contribution in [0.2, 0.25) is 0 Å². The van der Waals surface area contributed by atoms with Crippen LogP contribution >= 0.6 is 0 Å². The van der Waals surface area contributed by atoms with Crippen LogP contribution < -0.4 is 29.6 Å². The Morgan fingerprint density at radius 1 is 1.09 bits per heavy atom. The maximum Gasteiger partial charge on any atom is 0.119 e. The number of ether oxygens (including phenoxy) is 1. The highest BCUT2D eigenvalue weighted by Gasteiger charge is 2.17. The Kier molecular flexibility index (Phi) is 11.7. The summed E-state index contributed by atoms with van der Waals surface area (Å²) in [6.07, 6.45) is 1.83. The maximum atomic E-state index is 10.1. The van der Waals surface area contributed by atoms with E-state index in [1.165, 1.54) is 5.56 Å². The second-order valence-electron chi connectivity index (χ2n) is 5.96. The number of hydrogen-bond donors (Lipinski definition) is 1. The predicted molar refractivity (Wildman–Crippen MR) is 85.9 cm³/mol. The van der Waals surface area contributed by atoms with Gasteiger partial charge in [-0.25, -0.2) is 0 Å². The van der Waals surface area contributed by atoms with Gasteiger partial charge in [-0.05, 0) is 31.2 Å². The van der Waals surface area contributed by atoms with Crippen LogP contribution in [-0.2, 0) is 6.42 Å². The lowest BCUT2D eigenvalue weighted by atomic mass is 10.1. The van der Waals surface area contributed by atoms with Crippen LogP contribution in [0, 0.1) is 0 Å². The molecule has 1 aromatic rings. The fourth-order valence-corrected chi connectivity index (χ4v) is 2.61. The lowest BCUT2D eigenvalue weighted by Crippen LogP contribution is -3.00. The number of nitrogens with zero attached hydrogens (tertiary/aromatic N) is 2. The van der Waals surface area contributed by atoms with Crippen LogP contribution in [0.25, 0.3) is 0 Å². The zero-order valence-corrected chi connectivity index (χ0v) is 15.6. The normalized spacial score (nSPS) is 17.0. The number of aliphatic hydroxyl groups is 1. The predicted octanol–water partition coefficient (Wildman–Crippen LogP) is -4.37. The first-order chi connectivity index (χ1) is 10.2. The van der Waals surface area contributed by atoms with E-state index in [0.29, 0.717) is 13.2 Å². The van der Waals surface area contributed by atoms with E-state index < -0.39 is 6.10 Å². The van der Waals surface area contributed by atoms with E-state index in [1.807, 2.05) is 12.1 Å². The van der Waals surface area contributed by atoms with Gasteiger partial charge in [0.1, 0.15) is 18.5 Å². The van der Waals surface area contributed by atoms with Crippen molar-refractivity contribution in [2.45, 2.75) is 25.9 Å². The van der Waals surface area contributed by atoms with Crippen molar-refractivity contribution in [1.29, 1.82) is 0 Å². The van der Waals surface area contributed by atoms with Crippen LogP contribution in [0.3, 0.4) is 0 Å². The molecule has 1 N–H and O–H groups in total. The van der Waals surface area contributed by atoms with Crippen molar-refractivity contribution in [1.82, 2.24) is 9.80 Å². The highest BCUT2D eigenvalue weighted by atomic mass is 35.5. The van der Waals surface area contributed by atoms with Crippen LogP contribution in [0.15, 0.2) is 24.3 Å². The Balaban J connectivity index is 0.00000242. The van der Waals surface area contributed by atoms with Crippen molar-refractivity contribution >= 4 is 0 Å². The van der Waals surface area contributed by atoms with Gasteiger partial charge in [0.25, 0.3) is 0 Å². The van der Waals surface area contributed by atoms with Crippen LogP contribution in [0.1, 0.15) is 18.9 Å². The average molecular weight is 363 g/mol. The summed E-state index contributed by atoms with van der Waals surface area (Å²) in [5, 5.41) is 10.1. The largest absolute Gasteiger partial charge is 1.00 e. The van der Waals surface area contributed by atoms with Gasteiger partial charge in [0.15, 0.2) is 0 Å². The number of likely N-dealkylation sites (N-methyl/N-ethyl adjacent to an activating group) is 1. The molecule has 0 saturated carbocycles. The molecule has 1 aromatic carbocycles. The summed E-state index contributed by atoms with van der Waals surface area (Å²) >= 11 is 0. The Morgan fingerprint density at radius 3 is 2.26 bits per heavy atom. The zero-order valence-electron chi connectivity index (χ0n) is 14.0. The topological polar surface area (TPSA) is 35.9 Å². The smallest absolute Gasteiger partial charge is 0.119 e. The van der Waals surface area contributed by atoms with Crippen molar-refractivity contribution in [3.8, 4) is 5.75 Å². The first kappa shape index (κ1) is 22.5. The molecule has 134 valence electrons. The second kappa shape index (κ2) is 11.9. The number of benzene rings is 1. The van der Waals surface area contributed by atoms with Crippen molar-refractivity contribution in [2.24, 2.45) is 0 Å². The molecule has 23 heavy (non-hydrogen) atoms. The lowest BCUT2D eigenvalue weighted by molar-refractivity contribution is -0.00100. The Hall–Kier alpha value is -0.520. The summed E-state index contributed by atoms with van der Waals surface area (Å²) in [4.78, 5) is 4.62. The minimum absolute atomic E-state index is 0. The molecule has 1 aliphatic heterocycles. The molecule has 2 rings (SSSR count). The fourth-order valence-electron chi connectivity index (χ4n) is 2.61. The van der Waals surface area contributed by atoms with Crippen molar-refractivity contribution < 1.29 is 34.7 Å². The minimum atomic E-state index is -0.427. The third kappa shape index (κ3) is 8.23. The summed E-state index contributed by atoms with van der Waals surface area (Å²) in [6.45, 7) is 7.44. The Bertz CT molecular complexity index is 410. The summed E-state index contributed by atoms with van der Waals surface area (Å²) in [6, 6.07) is 8.19. The number of β-amino-alcohol motifs (C(OH)–C–C–N with tert-alkyl or cyclic N) is 1. The van der Waals surface area contributed by atoms with Gasteiger partial charge in [0, 0.05) is 32.7 Å². The quantitative estimate of drug-likeness (QED) is 0.531. The minimum Gasteiger partial charge on any atom is -1.00 e. The summed E-state index contributed by atoms with van der Waals surface area (Å²) in [7, 11) is 2.14.